The van der Waals surface area contributed by atoms with Gasteiger partial charge in [0.05, 0.1) is 0 Å². The van der Waals surface area contributed by atoms with Crippen LogP contribution < -0.4 is 5.32 Å². The Morgan fingerprint density at radius 1 is 1.50 bits per heavy atom. The fourth-order valence-electron chi connectivity index (χ4n) is 2.59. The molecule has 1 saturated heterocycles. The fraction of sp³-hybridized carbons (Fsp3) is 0.692. The van der Waals surface area contributed by atoms with Crippen LogP contribution in [0.4, 0.5) is 0 Å². The summed E-state index contributed by atoms with van der Waals surface area (Å²) in [6.07, 6.45) is 1.25. The number of nitrogens with one attached hydrogen (secondary N) is 1. The number of nitrogens with zero attached hydrogens (tertiary/aromatic N) is 1. The maximum Gasteiger partial charge on any atom is 0.105 e. The third kappa shape index (κ3) is 2.15. The lowest BCUT2D eigenvalue weighted by atomic mass is 10.1. The van der Waals surface area contributed by atoms with E-state index in [1.54, 1.807) is 0 Å². The molecule has 1 aliphatic rings. The lowest BCUT2D eigenvalue weighted by Gasteiger charge is -2.29. The molecule has 2 rings (SSSR count). The topological polar surface area (TPSA) is 28.4 Å². The summed E-state index contributed by atoms with van der Waals surface area (Å²) in [6, 6.07) is 3.26. The van der Waals surface area contributed by atoms with Gasteiger partial charge >= 0.3 is 0 Å². The van der Waals surface area contributed by atoms with Gasteiger partial charge in [-0.3, -0.25) is 4.90 Å². The van der Waals surface area contributed by atoms with Gasteiger partial charge in [-0.2, -0.15) is 0 Å². The van der Waals surface area contributed by atoms with Crippen molar-refractivity contribution in [2.45, 2.75) is 39.3 Å². The van der Waals surface area contributed by atoms with E-state index in [9.17, 15) is 0 Å². The van der Waals surface area contributed by atoms with Crippen molar-refractivity contribution >= 4 is 0 Å². The van der Waals surface area contributed by atoms with Crippen LogP contribution in [0.2, 0.25) is 0 Å². The van der Waals surface area contributed by atoms with Crippen LogP contribution in [0.15, 0.2) is 10.5 Å². The second-order valence-corrected chi connectivity index (χ2v) is 4.86. The van der Waals surface area contributed by atoms with E-state index in [1.807, 2.05) is 6.92 Å². The smallest absolute Gasteiger partial charge is 0.105 e. The minimum atomic E-state index is 0.433. The number of hydrogen-bond acceptors (Lipinski definition) is 3. The van der Waals surface area contributed by atoms with Crippen molar-refractivity contribution in [3.63, 3.8) is 0 Å². The molecule has 2 heterocycles. The molecule has 0 radical (unpaired) electrons. The number of rotatable bonds is 3. The molecule has 2 unspecified atom stereocenters. The van der Waals surface area contributed by atoms with Crippen LogP contribution in [0.25, 0.3) is 0 Å². The van der Waals surface area contributed by atoms with Gasteiger partial charge in [-0.15, -0.1) is 0 Å². The third-order valence-electron chi connectivity index (χ3n) is 3.75. The summed E-state index contributed by atoms with van der Waals surface area (Å²) >= 11 is 0. The Balaban J connectivity index is 2.11. The van der Waals surface area contributed by atoms with Crippen molar-refractivity contribution in [1.29, 1.82) is 0 Å². The van der Waals surface area contributed by atoms with Crippen molar-refractivity contribution < 1.29 is 4.42 Å². The zero-order valence-corrected chi connectivity index (χ0v) is 10.7. The lowest BCUT2D eigenvalue weighted by Crippen LogP contribution is -2.35. The van der Waals surface area contributed by atoms with Gasteiger partial charge in [0.1, 0.15) is 11.5 Å². The molecule has 0 aliphatic carbocycles. The Morgan fingerprint density at radius 3 is 2.75 bits per heavy atom. The standard InChI is InChI=1S/C13H22N2O/c1-9-7-13(11(3)16-9)10(2)15(4)12-5-6-14-8-12/h7,10,12,14H,5-6,8H2,1-4H3. The van der Waals surface area contributed by atoms with E-state index in [-0.39, 0.29) is 0 Å². The molecule has 0 saturated carbocycles. The Hall–Kier alpha value is -0.800. The lowest BCUT2D eigenvalue weighted by molar-refractivity contribution is 0.195. The summed E-state index contributed by atoms with van der Waals surface area (Å²) in [5.41, 5.74) is 1.33. The Kier molecular flexibility index (Phi) is 3.36. The van der Waals surface area contributed by atoms with Crippen LogP contribution in [0.1, 0.15) is 36.5 Å². The van der Waals surface area contributed by atoms with E-state index in [0.29, 0.717) is 12.1 Å². The highest BCUT2D eigenvalue weighted by Crippen LogP contribution is 2.27. The molecule has 1 N–H and O–H groups in total. The largest absolute Gasteiger partial charge is 0.466 e. The van der Waals surface area contributed by atoms with Crippen molar-refractivity contribution in [2.75, 3.05) is 20.1 Å². The molecule has 1 aliphatic heterocycles. The number of aryl methyl sites for hydroxylation is 2. The van der Waals surface area contributed by atoms with Crippen LogP contribution in [-0.2, 0) is 0 Å². The molecule has 2 atom stereocenters. The highest BCUT2D eigenvalue weighted by molar-refractivity contribution is 5.23. The molecule has 3 heteroatoms. The maximum absolute atomic E-state index is 5.61. The van der Waals surface area contributed by atoms with E-state index in [2.05, 4.69) is 37.2 Å². The van der Waals surface area contributed by atoms with Gasteiger partial charge in [-0.1, -0.05) is 0 Å². The molecular weight excluding hydrogens is 200 g/mol. The Morgan fingerprint density at radius 2 is 2.25 bits per heavy atom. The molecule has 1 aromatic heterocycles. The fourth-order valence-corrected chi connectivity index (χ4v) is 2.59. The highest BCUT2D eigenvalue weighted by Gasteiger charge is 2.25. The minimum Gasteiger partial charge on any atom is -0.466 e. The second kappa shape index (κ2) is 4.60. The first-order chi connectivity index (χ1) is 7.59. The van der Waals surface area contributed by atoms with Crippen LogP contribution in [0.3, 0.4) is 0 Å². The van der Waals surface area contributed by atoms with Gasteiger partial charge in [-0.25, -0.2) is 0 Å². The van der Waals surface area contributed by atoms with Crippen molar-refractivity contribution in [1.82, 2.24) is 10.2 Å². The molecular formula is C13H22N2O. The predicted molar refractivity (Wildman–Crippen MR) is 65.6 cm³/mol. The summed E-state index contributed by atoms with van der Waals surface area (Å²) in [6.45, 7) is 8.58. The van der Waals surface area contributed by atoms with Crippen LogP contribution in [0, 0.1) is 13.8 Å². The first-order valence-electron chi connectivity index (χ1n) is 6.09. The second-order valence-electron chi connectivity index (χ2n) is 4.86. The van der Waals surface area contributed by atoms with Crippen molar-refractivity contribution in [2.24, 2.45) is 0 Å². The van der Waals surface area contributed by atoms with E-state index in [1.165, 1.54) is 12.0 Å². The number of furan rings is 1. The SMILES string of the molecule is Cc1cc(C(C)N(C)C2CCNC2)c(C)o1. The van der Waals surface area contributed by atoms with Gasteiger partial charge < -0.3 is 9.73 Å². The zero-order chi connectivity index (χ0) is 11.7. The van der Waals surface area contributed by atoms with Gasteiger partial charge in [0, 0.05) is 24.2 Å². The first kappa shape index (κ1) is 11.7. The van der Waals surface area contributed by atoms with E-state index >= 15 is 0 Å². The minimum absolute atomic E-state index is 0.433. The average molecular weight is 222 g/mol. The van der Waals surface area contributed by atoms with Gasteiger partial charge in [0.25, 0.3) is 0 Å². The predicted octanol–water partition coefficient (Wildman–Crippen LogP) is 2.25. The molecule has 0 spiro atoms. The summed E-state index contributed by atoms with van der Waals surface area (Å²) in [4.78, 5) is 2.46. The van der Waals surface area contributed by atoms with Gasteiger partial charge in [-0.05, 0) is 46.9 Å². The average Bonchev–Trinajstić information content (AvgIpc) is 2.85. The van der Waals surface area contributed by atoms with Crippen LogP contribution in [-0.4, -0.2) is 31.1 Å². The van der Waals surface area contributed by atoms with Crippen molar-refractivity contribution in [3.05, 3.63) is 23.2 Å². The van der Waals surface area contributed by atoms with Gasteiger partial charge in [0.15, 0.2) is 0 Å². The molecule has 16 heavy (non-hydrogen) atoms. The number of hydrogen-bond donors (Lipinski definition) is 1. The highest BCUT2D eigenvalue weighted by atomic mass is 16.3. The molecule has 1 aromatic rings. The number of likely N-dealkylation sites (N-methyl/N-ethyl adjacent to an activating group) is 1. The quantitative estimate of drug-likeness (QED) is 0.850. The summed E-state index contributed by atoms with van der Waals surface area (Å²) in [7, 11) is 2.21. The van der Waals surface area contributed by atoms with Crippen LogP contribution in [0.5, 0.6) is 0 Å². The molecule has 3 nitrogen and oxygen atoms in total. The molecule has 1 fully saturated rings. The van der Waals surface area contributed by atoms with Crippen LogP contribution >= 0.6 is 0 Å². The zero-order valence-electron chi connectivity index (χ0n) is 10.7. The Bertz CT molecular complexity index is 353. The van der Waals surface area contributed by atoms with Crippen molar-refractivity contribution in [3.8, 4) is 0 Å². The molecule has 0 bridgehead atoms. The normalized spacial score (nSPS) is 22.9. The molecule has 0 amide bonds. The first-order valence-corrected chi connectivity index (χ1v) is 6.09. The van der Waals surface area contributed by atoms with E-state index in [0.717, 1.165) is 24.6 Å². The Labute approximate surface area is 97.8 Å². The third-order valence-corrected chi connectivity index (χ3v) is 3.75. The van der Waals surface area contributed by atoms with E-state index < -0.39 is 0 Å². The molecule has 0 aromatic carbocycles. The van der Waals surface area contributed by atoms with Gasteiger partial charge in [0.2, 0.25) is 0 Å². The van der Waals surface area contributed by atoms with E-state index in [4.69, 9.17) is 4.42 Å². The monoisotopic (exact) mass is 222 g/mol. The molecule has 90 valence electrons. The summed E-state index contributed by atoms with van der Waals surface area (Å²) < 4.78 is 5.61. The summed E-state index contributed by atoms with van der Waals surface area (Å²) in [5.74, 6) is 2.07. The summed E-state index contributed by atoms with van der Waals surface area (Å²) in [5, 5.41) is 3.41. The maximum atomic E-state index is 5.61.